The van der Waals surface area contributed by atoms with Crippen molar-refractivity contribution in [1.29, 1.82) is 0 Å². The number of piperidine rings is 1. The van der Waals surface area contributed by atoms with Gasteiger partial charge >= 0.3 is 0 Å². The maximum absolute atomic E-state index is 12.3. The van der Waals surface area contributed by atoms with E-state index >= 15 is 0 Å². The summed E-state index contributed by atoms with van der Waals surface area (Å²) in [5.41, 5.74) is 0. The van der Waals surface area contributed by atoms with Gasteiger partial charge in [0.1, 0.15) is 0 Å². The molecule has 0 aliphatic carbocycles. The van der Waals surface area contributed by atoms with Crippen molar-refractivity contribution >= 4 is 5.91 Å². The topological polar surface area (TPSA) is 35.6 Å². The Labute approximate surface area is 104 Å². The van der Waals surface area contributed by atoms with Gasteiger partial charge in [0.15, 0.2) is 0 Å². The van der Waals surface area contributed by atoms with Gasteiger partial charge < -0.3 is 10.2 Å². The van der Waals surface area contributed by atoms with Gasteiger partial charge in [-0.3, -0.25) is 9.69 Å². The van der Waals surface area contributed by atoms with Crippen LogP contribution in [0.1, 0.15) is 32.6 Å². The zero-order chi connectivity index (χ0) is 12.1. The van der Waals surface area contributed by atoms with Crippen molar-refractivity contribution in [3.63, 3.8) is 0 Å². The number of nitrogens with one attached hydrogen (secondary N) is 1. The third-order valence-corrected chi connectivity index (χ3v) is 3.91. The van der Waals surface area contributed by atoms with E-state index in [9.17, 15) is 4.79 Å². The maximum Gasteiger partial charge on any atom is 0.236 e. The van der Waals surface area contributed by atoms with Crippen LogP contribution in [0.25, 0.3) is 0 Å². The van der Waals surface area contributed by atoms with Gasteiger partial charge in [-0.25, -0.2) is 0 Å². The summed E-state index contributed by atoms with van der Waals surface area (Å²) >= 11 is 0. The average Bonchev–Trinajstić information content (AvgIpc) is 2.58. The lowest BCUT2D eigenvalue weighted by atomic mass is 10.0. The molecule has 1 N–H and O–H groups in total. The SMILES string of the molecule is CC1CCCCN1C(=O)CN1CCCNCC1. The summed E-state index contributed by atoms with van der Waals surface area (Å²) in [5, 5.41) is 3.37. The molecule has 0 bridgehead atoms. The van der Waals surface area contributed by atoms with E-state index in [-0.39, 0.29) is 0 Å². The molecule has 1 amide bonds. The fourth-order valence-corrected chi connectivity index (χ4v) is 2.81. The van der Waals surface area contributed by atoms with Crippen molar-refractivity contribution in [2.45, 2.75) is 38.6 Å². The molecule has 2 aliphatic rings. The number of amides is 1. The fourth-order valence-electron chi connectivity index (χ4n) is 2.81. The highest BCUT2D eigenvalue weighted by atomic mass is 16.2. The predicted octanol–water partition coefficient (Wildman–Crippen LogP) is 0.683. The third kappa shape index (κ3) is 3.68. The monoisotopic (exact) mass is 239 g/mol. The van der Waals surface area contributed by atoms with Crippen LogP contribution < -0.4 is 5.32 Å². The largest absolute Gasteiger partial charge is 0.339 e. The number of hydrogen-bond donors (Lipinski definition) is 1. The fraction of sp³-hybridized carbons (Fsp3) is 0.923. The first-order chi connectivity index (χ1) is 8.27. The van der Waals surface area contributed by atoms with E-state index in [2.05, 4.69) is 22.0 Å². The molecule has 1 atom stereocenters. The second-order valence-corrected chi connectivity index (χ2v) is 5.31. The van der Waals surface area contributed by atoms with Gasteiger partial charge in [0, 0.05) is 25.7 Å². The van der Waals surface area contributed by atoms with Crippen LogP contribution in [-0.4, -0.2) is 61.0 Å². The molecule has 0 saturated carbocycles. The first-order valence-electron chi connectivity index (χ1n) is 7.00. The normalized spacial score (nSPS) is 27.8. The molecule has 4 heteroatoms. The van der Waals surface area contributed by atoms with E-state index in [4.69, 9.17) is 0 Å². The summed E-state index contributed by atoms with van der Waals surface area (Å²) < 4.78 is 0. The van der Waals surface area contributed by atoms with Crippen LogP contribution in [0.3, 0.4) is 0 Å². The summed E-state index contributed by atoms with van der Waals surface area (Å²) in [6, 6.07) is 0.446. The second-order valence-electron chi connectivity index (χ2n) is 5.31. The molecule has 0 spiro atoms. The molecule has 2 fully saturated rings. The summed E-state index contributed by atoms with van der Waals surface area (Å²) in [5.74, 6) is 0.333. The molecule has 0 aromatic carbocycles. The minimum atomic E-state index is 0.333. The van der Waals surface area contributed by atoms with E-state index < -0.39 is 0 Å². The van der Waals surface area contributed by atoms with E-state index in [1.54, 1.807) is 0 Å². The Morgan fingerprint density at radius 3 is 2.88 bits per heavy atom. The van der Waals surface area contributed by atoms with Crippen LogP contribution in [0, 0.1) is 0 Å². The first-order valence-corrected chi connectivity index (χ1v) is 7.00. The van der Waals surface area contributed by atoms with Crippen molar-refractivity contribution < 1.29 is 4.79 Å². The van der Waals surface area contributed by atoms with Gasteiger partial charge in [-0.1, -0.05) is 0 Å². The zero-order valence-electron chi connectivity index (χ0n) is 11.0. The molecular weight excluding hydrogens is 214 g/mol. The molecule has 2 aliphatic heterocycles. The van der Waals surface area contributed by atoms with E-state index in [1.807, 2.05) is 0 Å². The van der Waals surface area contributed by atoms with Crippen LogP contribution >= 0.6 is 0 Å². The van der Waals surface area contributed by atoms with Gasteiger partial charge in [-0.15, -0.1) is 0 Å². The second kappa shape index (κ2) is 6.36. The molecule has 1 unspecified atom stereocenters. The van der Waals surface area contributed by atoms with Crippen LogP contribution in [0.2, 0.25) is 0 Å². The highest BCUT2D eigenvalue weighted by molar-refractivity contribution is 5.78. The lowest BCUT2D eigenvalue weighted by molar-refractivity contribution is -0.135. The van der Waals surface area contributed by atoms with Crippen LogP contribution in [0.4, 0.5) is 0 Å². The Balaban J connectivity index is 1.82. The van der Waals surface area contributed by atoms with E-state index in [0.29, 0.717) is 18.5 Å². The Bertz CT molecular complexity index is 249. The number of nitrogens with zero attached hydrogens (tertiary/aromatic N) is 2. The van der Waals surface area contributed by atoms with E-state index in [0.717, 1.165) is 39.1 Å². The van der Waals surface area contributed by atoms with Gasteiger partial charge in [-0.05, 0) is 45.7 Å². The smallest absolute Gasteiger partial charge is 0.236 e. The lowest BCUT2D eigenvalue weighted by Crippen LogP contribution is -2.47. The molecule has 2 rings (SSSR count). The summed E-state index contributed by atoms with van der Waals surface area (Å²) in [7, 11) is 0. The first kappa shape index (κ1) is 12.8. The number of rotatable bonds is 2. The van der Waals surface area contributed by atoms with Crippen molar-refractivity contribution in [2.24, 2.45) is 0 Å². The number of hydrogen-bond acceptors (Lipinski definition) is 3. The summed E-state index contributed by atoms with van der Waals surface area (Å²) in [6.45, 7) is 7.93. The molecule has 0 aromatic heterocycles. The van der Waals surface area contributed by atoms with Crippen LogP contribution in [-0.2, 0) is 4.79 Å². The number of likely N-dealkylation sites (tertiary alicyclic amines) is 1. The van der Waals surface area contributed by atoms with Crippen molar-refractivity contribution in [1.82, 2.24) is 15.1 Å². The minimum Gasteiger partial charge on any atom is -0.339 e. The number of carbonyl (C=O) groups is 1. The molecule has 2 heterocycles. The molecule has 17 heavy (non-hydrogen) atoms. The predicted molar refractivity (Wildman–Crippen MR) is 69.0 cm³/mol. The highest BCUT2D eigenvalue weighted by Gasteiger charge is 2.24. The van der Waals surface area contributed by atoms with Crippen molar-refractivity contribution in [3.8, 4) is 0 Å². The van der Waals surface area contributed by atoms with Crippen LogP contribution in [0.5, 0.6) is 0 Å². The van der Waals surface area contributed by atoms with Gasteiger partial charge in [0.2, 0.25) is 5.91 Å². The number of carbonyl (C=O) groups excluding carboxylic acids is 1. The molecule has 98 valence electrons. The van der Waals surface area contributed by atoms with Crippen molar-refractivity contribution in [3.05, 3.63) is 0 Å². The third-order valence-electron chi connectivity index (χ3n) is 3.91. The lowest BCUT2D eigenvalue weighted by Gasteiger charge is -2.35. The van der Waals surface area contributed by atoms with Crippen LogP contribution in [0.15, 0.2) is 0 Å². The van der Waals surface area contributed by atoms with Gasteiger partial charge in [0.25, 0.3) is 0 Å². The Hall–Kier alpha value is -0.610. The Kier molecular flexibility index (Phi) is 4.80. The average molecular weight is 239 g/mol. The maximum atomic E-state index is 12.3. The van der Waals surface area contributed by atoms with Gasteiger partial charge in [-0.2, -0.15) is 0 Å². The Morgan fingerprint density at radius 1 is 1.18 bits per heavy atom. The van der Waals surface area contributed by atoms with Crippen molar-refractivity contribution in [2.75, 3.05) is 39.3 Å². The highest BCUT2D eigenvalue weighted by Crippen LogP contribution is 2.16. The minimum absolute atomic E-state index is 0.333. The Morgan fingerprint density at radius 2 is 2.06 bits per heavy atom. The van der Waals surface area contributed by atoms with Gasteiger partial charge in [0.05, 0.1) is 6.54 Å². The zero-order valence-corrected chi connectivity index (χ0v) is 11.0. The summed E-state index contributed by atoms with van der Waals surface area (Å²) in [6.07, 6.45) is 4.78. The molecule has 2 saturated heterocycles. The summed E-state index contributed by atoms with van der Waals surface area (Å²) in [4.78, 5) is 16.6. The standard InChI is InChI=1S/C13H25N3O/c1-12-5-2-3-9-16(12)13(17)11-15-8-4-6-14-7-10-15/h12,14H,2-11H2,1H3. The quantitative estimate of drug-likeness (QED) is 0.770. The van der Waals surface area contributed by atoms with E-state index in [1.165, 1.54) is 19.3 Å². The molecule has 0 aromatic rings. The molecule has 0 radical (unpaired) electrons. The molecular formula is C13H25N3O. The molecule has 4 nitrogen and oxygen atoms in total.